The van der Waals surface area contributed by atoms with Gasteiger partial charge in [-0.3, -0.25) is 0 Å². The highest BCUT2D eigenvalue weighted by atomic mass is 16.3. The van der Waals surface area contributed by atoms with Gasteiger partial charge in [-0.1, -0.05) is 6.07 Å². The minimum absolute atomic E-state index is 0.0668. The second-order valence-electron chi connectivity index (χ2n) is 2.72. The molecule has 0 bridgehead atoms. The minimum atomic E-state index is 0.0668. The number of rotatable bonds is 3. The lowest BCUT2D eigenvalue weighted by Crippen LogP contribution is -2.08. The zero-order valence-corrected chi connectivity index (χ0v) is 7.17. The highest BCUT2D eigenvalue weighted by Crippen LogP contribution is 2.13. The largest absolute Gasteiger partial charge is 0.399 e. The van der Waals surface area contributed by atoms with Crippen LogP contribution in [0.4, 0.5) is 5.69 Å². The fraction of sp³-hybridized carbons (Fsp3) is 0.333. The summed E-state index contributed by atoms with van der Waals surface area (Å²) in [5.41, 5.74) is 8.32. The van der Waals surface area contributed by atoms with Crippen molar-refractivity contribution >= 4 is 5.69 Å². The van der Waals surface area contributed by atoms with Gasteiger partial charge in [-0.2, -0.15) is 0 Å². The second-order valence-corrected chi connectivity index (χ2v) is 2.72. The number of benzene rings is 1. The fourth-order valence-electron chi connectivity index (χ4n) is 1.16. The third-order valence-corrected chi connectivity index (χ3v) is 1.77. The van der Waals surface area contributed by atoms with Crippen LogP contribution in [0.1, 0.15) is 11.1 Å². The zero-order valence-electron chi connectivity index (χ0n) is 7.17. The Hall–Kier alpha value is -1.06. The maximum atomic E-state index is 8.97. The highest BCUT2D eigenvalue weighted by molar-refractivity contribution is 5.44. The smallest absolute Gasteiger partial charge is 0.0685 e. The number of aliphatic hydroxyl groups excluding tert-OH is 1. The summed E-state index contributed by atoms with van der Waals surface area (Å²) in [5, 5.41) is 12.0. The van der Waals surface area contributed by atoms with Crippen molar-refractivity contribution in [2.24, 2.45) is 0 Å². The molecule has 0 atom stereocenters. The van der Waals surface area contributed by atoms with E-state index < -0.39 is 0 Å². The van der Waals surface area contributed by atoms with Gasteiger partial charge < -0.3 is 16.2 Å². The van der Waals surface area contributed by atoms with E-state index >= 15 is 0 Å². The van der Waals surface area contributed by atoms with Gasteiger partial charge in [0, 0.05) is 12.2 Å². The molecule has 12 heavy (non-hydrogen) atoms. The number of hydrogen-bond donors (Lipinski definition) is 3. The number of hydrogen-bond acceptors (Lipinski definition) is 3. The van der Waals surface area contributed by atoms with E-state index in [4.69, 9.17) is 10.8 Å². The predicted molar refractivity (Wildman–Crippen MR) is 49.5 cm³/mol. The van der Waals surface area contributed by atoms with Gasteiger partial charge >= 0.3 is 0 Å². The third kappa shape index (κ3) is 1.96. The van der Waals surface area contributed by atoms with E-state index in [1.807, 2.05) is 19.2 Å². The van der Waals surface area contributed by atoms with Crippen LogP contribution in [0.3, 0.4) is 0 Å². The van der Waals surface area contributed by atoms with E-state index in [1.165, 1.54) is 0 Å². The molecule has 66 valence electrons. The van der Waals surface area contributed by atoms with Gasteiger partial charge in [-0.25, -0.2) is 0 Å². The van der Waals surface area contributed by atoms with Crippen molar-refractivity contribution in [1.82, 2.24) is 5.32 Å². The second kappa shape index (κ2) is 4.09. The highest BCUT2D eigenvalue weighted by Gasteiger charge is 1.99. The van der Waals surface area contributed by atoms with Crippen LogP contribution in [0.5, 0.6) is 0 Å². The van der Waals surface area contributed by atoms with E-state index in [0.29, 0.717) is 0 Å². The summed E-state index contributed by atoms with van der Waals surface area (Å²) >= 11 is 0. The molecule has 0 fully saturated rings. The normalized spacial score (nSPS) is 10.2. The van der Waals surface area contributed by atoms with Gasteiger partial charge in [0.1, 0.15) is 0 Å². The van der Waals surface area contributed by atoms with Gasteiger partial charge in [0.05, 0.1) is 6.61 Å². The molecule has 3 heteroatoms. The van der Waals surface area contributed by atoms with Crippen molar-refractivity contribution < 1.29 is 5.11 Å². The van der Waals surface area contributed by atoms with Crippen molar-refractivity contribution in [3.8, 4) is 0 Å². The van der Waals surface area contributed by atoms with Crippen LogP contribution in [0, 0.1) is 0 Å². The molecule has 0 radical (unpaired) electrons. The molecule has 0 aliphatic heterocycles. The van der Waals surface area contributed by atoms with Crippen LogP contribution >= 0.6 is 0 Å². The predicted octanol–water partition coefficient (Wildman–Crippen LogP) is 0.480. The SMILES string of the molecule is CNCc1cc(N)ccc1CO. The lowest BCUT2D eigenvalue weighted by atomic mass is 10.1. The van der Waals surface area contributed by atoms with Gasteiger partial charge in [-0.05, 0) is 30.3 Å². The summed E-state index contributed by atoms with van der Waals surface area (Å²) < 4.78 is 0. The zero-order chi connectivity index (χ0) is 8.97. The Morgan fingerprint density at radius 3 is 2.75 bits per heavy atom. The standard InChI is InChI=1S/C9H14N2O/c1-11-5-8-4-9(10)3-2-7(8)6-12/h2-4,11-12H,5-6,10H2,1H3. The van der Waals surface area contributed by atoms with Gasteiger partial charge in [0.2, 0.25) is 0 Å². The quantitative estimate of drug-likeness (QED) is 0.572. The molecule has 0 saturated heterocycles. The molecule has 4 N–H and O–H groups in total. The molecule has 1 aromatic rings. The molecule has 0 amide bonds. The Bertz CT molecular complexity index is 261. The first-order valence-electron chi connectivity index (χ1n) is 3.90. The molecule has 0 aromatic heterocycles. The Labute approximate surface area is 72.2 Å². The van der Waals surface area contributed by atoms with Gasteiger partial charge in [0.15, 0.2) is 0 Å². The molecule has 3 nitrogen and oxygen atoms in total. The van der Waals surface area contributed by atoms with Crippen molar-refractivity contribution in [3.05, 3.63) is 29.3 Å². The molecular weight excluding hydrogens is 152 g/mol. The summed E-state index contributed by atoms with van der Waals surface area (Å²) in [6.07, 6.45) is 0. The Morgan fingerprint density at radius 1 is 1.42 bits per heavy atom. The Balaban J connectivity index is 2.95. The van der Waals surface area contributed by atoms with E-state index in [-0.39, 0.29) is 6.61 Å². The average Bonchev–Trinajstić information content (AvgIpc) is 2.05. The van der Waals surface area contributed by atoms with Crippen LogP contribution in [0.15, 0.2) is 18.2 Å². The topological polar surface area (TPSA) is 58.3 Å². The molecule has 0 spiro atoms. The van der Waals surface area contributed by atoms with E-state index in [1.54, 1.807) is 6.07 Å². The Morgan fingerprint density at radius 2 is 2.17 bits per heavy atom. The molecule has 0 saturated carbocycles. The van der Waals surface area contributed by atoms with E-state index in [2.05, 4.69) is 5.32 Å². The first-order valence-corrected chi connectivity index (χ1v) is 3.90. The Kier molecular flexibility index (Phi) is 3.08. The lowest BCUT2D eigenvalue weighted by molar-refractivity contribution is 0.280. The van der Waals surface area contributed by atoms with Gasteiger partial charge in [0.25, 0.3) is 0 Å². The molecule has 0 heterocycles. The van der Waals surface area contributed by atoms with Crippen LogP contribution in [0.25, 0.3) is 0 Å². The van der Waals surface area contributed by atoms with Crippen molar-refractivity contribution in [3.63, 3.8) is 0 Å². The first-order chi connectivity index (χ1) is 5.77. The monoisotopic (exact) mass is 166 g/mol. The number of anilines is 1. The summed E-state index contributed by atoms with van der Waals surface area (Å²) in [6.45, 7) is 0.804. The number of nitrogens with one attached hydrogen (secondary N) is 1. The maximum absolute atomic E-state index is 8.97. The van der Waals surface area contributed by atoms with Crippen LogP contribution in [-0.4, -0.2) is 12.2 Å². The summed E-state index contributed by atoms with van der Waals surface area (Å²) in [7, 11) is 1.87. The minimum Gasteiger partial charge on any atom is -0.399 e. The van der Waals surface area contributed by atoms with Crippen LogP contribution < -0.4 is 11.1 Å². The van der Waals surface area contributed by atoms with Crippen molar-refractivity contribution in [2.45, 2.75) is 13.2 Å². The molecule has 1 rings (SSSR count). The number of nitrogens with two attached hydrogens (primary N) is 1. The van der Waals surface area contributed by atoms with Gasteiger partial charge in [-0.15, -0.1) is 0 Å². The first kappa shape index (κ1) is 9.03. The number of aliphatic hydroxyl groups is 1. The van der Waals surface area contributed by atoms with E-state index in [9.17, 15) is 0 Å². The van der Waals surface area contributed by atoms with Crippen molar-refractivity contribution in [2.75, 3.05) is 12.8 Å². The molecular formula is C9H14N2O. The van der Waals surface area contributed by atoms with Crippen LogP contribution in [-0.2, 0) is 13.2 Å². The summed E-state index contributed by atoms with van der Waals surface area (Å²) in [6, 6.07) is 5.52. The maximum Gasteiger partial charge on any atom is 0.0685 e. The molecule has 1 aromatic carbocycles. The number of nitrogen functional groups attached to an aromatic ring is 1. The average molecular weight is 166 g/mol. The van der Waals surface area contributed by atoms with E-state index in [0.717, 1.165) is 23.4 Å². The molecule has 0 unspecified atom stereocenters. The molecule has 0 aliphatic carbocycles. The van der Waals surface area contributed by atoms with Crippen LogP contribution in [0.2, 0.25) is 0 Å². The lowest BCUT2D eigenvalue weighted by Gasteiger charge is -2.07. The third-order valence-electron chi connectivity index (χ3n) is 1.77. The summed E-state index contributed by atoms with van der Waals surface area (Å²) in [5.74, 6) is 0. The fourth-order valence-corrected chi connectivity index (χ4v) is 1.16. The molecule has 0 aliphatic rings. The summed E-state index contributed by atoms with van der Waals surface area (Å²) in [4.78, 5) is 0. The van der Waals surface area contributed by atoms with Crippen molar-refractivity contribution in [1.29, 1.82) is 0 Å².